The van der Waals surface area contributed by atoms with E-state index < -0.39 is 50.0 Å². The summed E-state index contributed by atoms with van der Waals surface area (Å²) < 4.78 is 120. The molecule has 0 saturated heterocycles. The predicted octanol–water partition coefficient (Wildman–Crippen LogP) is 37.8. The van der Waals surface area contributed by atoms with Gasteiger partial charge in [0.2, 0.25) is 0 Å². The van der Waals surface area contributed by atoms with E-state index in [9.17, 15) is 1.37 Å². The minimum Gasteiger partial charge on any atom is -0.309 e. The SMILES string of the molecule is C.C.C.[2H]C([2H])([2H])c1cnc(-c2[c-]cc3c4ccccc4c4ccccc4c3c2)cc1C([2H])([2H])[2H].[2H]C([2H])([2H])c1cnc(-c2[c-]cc3c4ccccc4c4ccccc4c3c2)cc1C1([2H])CCCCC1.[2H]C([2H])(c1ccc(-c2[c-]cccc2)nc1)C(C)(C)C.[2H]C([2H])(c1ccc(-c2[c-]cccc2)nc1)C(C)(C)C.[Ir].[Ir].c1ccc(-n2c3ccccc3c3cc(-c4ccc5c(c4)c4ccccc4n5-c4ccc5c(c4)c4ccccc4n5-c4ccccc4)ccc32)cc1. The molecule has 147 heavy (non-hydrogen) atoms. The normalized spacial score (nSPS) is 14.1. The third kappa shape index (κ3) is 21.4. The average molecular weight is 2280 g/mol. The fourth-order valence-corrected chi connectivity index (χ4v) is 20.3. The van der Waals surface area contributed by atoms with Gasteiger partial charge in [0.25, 0.3) is 0 Å². The Morgan fingerprint density at radius 3 is 1.01 bits per heavy atom. The Hall–Kier alpha value is -15.2. The van der Waals surface area contributed by atoms with Crippen LogP contribution in [0.3, 0.4) is 0 Å². The Bertz CT molecular complexity index is 9480. The Labute approximate surface area is 912 Å². The predicted molar refractivity (Wildman–Crippen MR) is 621 cm³/mol. The van der Waals surface area contributed by atoms with E-state index in [2.05, 4.69) is 325 Å². The standard InChI is InChI=1S/C48H31N3.C30H26N.C25H18N.2C16H18N.3CH4.2Ir/c1-3-13-34(14-4-1)49-43-20-10-7-17-37(43)40-29-32(23-26-46(40)49)33-24-27-47-41(30-33)38-18-8-12-22-45(38)51(47)36-25-28-48-42(31-36)39-19-9-11-21-44(39)50(48)35-15-5-2-6-16-35;1-20-19-31-30(18-28(20)21-9-3-2-4-10-21)22-15-16-27-25-13-6-5-11-23(25)24-12-7-8-14-26(24)29(27)17-22;1-16-13-25(26-15-17(16)2)18-11-12-23-21-9-4-3-7-19(21)20-8-5-6-10-22(20)24(23)14-18;2*1-16(2,3)11-13-9-10-15(17-12-13)14-7-5-4-6-8-14;;;;;/h1-31H;5-8,11-14,16-19,21H,2-4,9-10H2,1H3;3-10,12-15H,1-2H3;2*4-7,9-10,12H,11H2,1-3H3;3*1H4;;/q;4*-1;;;;;/i;1D3,21D;1D3,2D3;2*11D2;;;;;. The first-order valence-corrected chi connectivity index (χ1v) is 48.6. The van der Waals surface area contributed by atoms with Crippen LogP contribution >= 0.6 is 0 Å². The van der Waals surface area contributed by atoms with E-state index in [0.717, 1.165) is 102 Å². The van der Waals surface area contributed by atoms with Gasteiger partial charge < -0.3 is 33.6 Å². The minimum atomic E-state index is -2.57. The molecule has 7 nitrogen and oxygen atoms in total. The first-order chi connectivity index (χ1) is 75.0. The zero-order chi connectivity index (χ0) is 109. The van der Waals surface area contributed by atoms with E-state index in [1.165, 1.54) is 122 Å². The number of rotatable bonds is 11. The molecule has 1 aliphatic rings. The first kappa shape index (κ1) is 86.2. The van der Waals surface area contributed by atoms with Crippen LogP contribution in [-0.4, -0.2) is 33.6 Å². The van der Waals surface area contributed by atoms with E-state index in [1.54, 1.807) is 12.4 Å². The molecule has 7 aromatic heterocycles. The van der Waals surface area contributed by atoms with Gasteiger partial charge in [-0.25, -0.2) is 0 Å². The molecule has 9 heteroatoms. The van der Waals surface area contributed by atoms with Crippen molar-refractivity contribution in [3.63, 3.8) is 0 Å². The molecule has 26 rings (SSSR count). The molecule has 25 aromatic rings. The molecule has 1 aliphatic carbocycles. The maximum atomic E-state index is 9.18. The van der Waals surface area contributed by atoms with Crippen LogP contribution in [0.5, 0.6) is 0 Å². The van der Waals surface area contributed by atoms with Gasteiger partial charge in [0.1, 0.15) is 0 Å². The zero-order valence-corrected chi connectivity index (χ0v) is 85.5. The number of hydrogen-bond donors (Lipinski definition) is 0. The Morgan fingerprint density at radius 1 is 0.279 bits per heavy atom. The number of hydrogen-bond acceptors (Lipinski definition) is 4. The number of aryl methyl sites for hydroxylation is 3. The molecule has 18 aromatic carbocycles. The van der Waals surface area contributed by atoms with Crippen LogP contribution in [0.15, 0.2) is 419 Å². The molecular formula is C138H123Ir2N7-4. The van der Waals surface area contributed by atoms with Crippen LogP contribution in [0.1, 0.15) is 154 Å². The number of nitrogens with zero attached hydrogens (tertiary/aromatic N) is 7. The van der Waals surface area contributed by atoms with Gasteiger partial charge in [-0.1, -0.05) is 358 Å². The molecule has 0 N–H and O–H groups in total. The molecule has 1 fully saturated rings. The summed E-state index contributed by atoms with van der Waals surface area (Å²) in [6, 6.07) is 148. The summed E-state index contributed by atoms with van der Waals surface area (Å²) >= 11 is 0. The molecule has 0 bridgehead atoms. The van der Waals surface area contributed by atoms with E-state index in [4.69, 9.17) is 17.8 Å². The van der Waals surface area contributed by atoms with Crippen molar-refractivity contribution in [3.8, 4) is 73.2 Å². The average Bonchev–Trinajstić information content (AvgIpc) is 1.67. The van der Waals surface area contributed by atoms with Crippen LogP contribution in [0, 0.1) is 55.7 Å². The maximum absolute atomic E-state index is 9.18. The molecule has 0 atom stereocenters. The summed E-state index contributed by atoms with van der Waals surface area (Å²) in [5, 5.41) is 21.1. The maximum Gasteiger partial charge on any atom is 0.0542 e. The molecule has 0 unspecified atom stereocenters. The summed E-state index contributed by atoms with van der Waals surface area (Å²) in [6.07, 6.45) is 7.42. The molecule has 2 radical (unpaired) electrons. The van der Waals surface area contributed by atoms with Gasteiger partial charge >= 0.3 is 0 Å². The quantitative estimate of drug-likeness (QED) is 0.0956. The Morgan fingerprint density at radius 2 is 0.619 bits per heavy atom. The molecule has 7 heterocycles. The van der Waals surface area contributed by atoms with Crippen LogP contribution in [-0.2, 0) is 53.0 Å². The second-order valence-corrected chi connectivity index (χ2v) is 38.5. The number of pyridine rings is 4. The summed E-state index contributed by atoms with van der Waals surface area (Å²) in [5.41, 5.74) is 19.8. The van der Waals surface area contributed by atoms with Crippen molar-refractivity contribution in [3.05, 3.63) is 477 Å². The van der Waals surface area contributed by atoms with E-state index in [-0.39, 0.29) is 79.2 Å². The van der Waals surface area contributed by atoms with Crippen molar-refractivity contribution < 1.29 is 59.4 Å². The molecular weight excluding hydrogens is 2140 g/mol. The summed E-state index contributed by atoms with van der Waals surface area (Å²) in [5.74, 6) is -0.889. The molecule has 0 aliphatic heterocycles. The third-order valence-corrected chi connectivity index (χ3v) is 26.7. The van der Waals surface area contributed by atoms with E-state index >= 15 is 0 Å². The topological polar surface area (TPSA) is 66.3 Å². The number of aromatic nitrogens is 7. The van der Waals surface area contributed by atoms with Crippen molar-refractivity contribution >= 4 is 130 Å². The van der Waals surface area contributed by atoms with E-state index in [0.29, 0.717) is 46.5 Å². The largest absolute Gasteiger partial charge is 0.309 e. The van der Waals surface area contributed by atoms with Gasteiger partial charge in [-0.15, -0.1) is 119 Å². The van der Waals surface area contributed by atoms with Crippen LogP contribution in [0.2, 0.25) is 0 Å². The fourth-order valence-electron chi connectivity index (χ4n) is 20.3. The molecule has 1 saturated carbocycles. The van der Waals surface area contributed by atoms with Gasteiger partial charge in [-0.2, -0.15) is 0 Å². The van der Waals surface area contributed by atoms with Gasteiger partial charge in [0.05, 0.1) is 33.1 Å². The smallest absolute Gasteiger partial charge is 0.0542 e. The zero-order valence-electron chi connectivity index (χ0n) is 94.7. The molecule has 732 valence electrons. The molecule has 0 amide bonds. The van der Waals surface area contributed by atoms with Crippen LogP contribution in [0.25, 0.3) is 203 Å². The van der Waals surface area contributed by atoms with Crippen molar-refractivity contribution in [1.29, 1.82) is 0 Å². The second-order valence-electron chi connectivity index (χ2n) is 38.5. The van der Waals surface area contributed by atoms with Gasteiger partial charge in [-0.05, 0) is 242 Å². The van der Waals surface area contributed by atoms with E-state index in [1.807, 2.05) is 163 Å². The Balaban J connectivity index is 0.000000141. The minimum absolute atomic E-state index is 0. The van der Waals surface area contributed by atoms with Gasteiger partial charge in [-0.3, -0.25) is 0 Å². The Kier molecular flexibility index (Phi) is 26.3. The summed E-state index contributed by atoms with van der Waals surface area (Å²) in [4.78, 5) is 17.6. The summed E-state index contributed by atoms with van der Waals surface area (Å²) in [6.45, 7) is 3.94. The number of benzene rings is 18. The number of para-hydroxylation sites is 5. The third-order valence-electron chi connectivity index (χ3n) is 26.7. The van der Waals surface area contributed by atoms with Crippen molar-refractivity contribution in [2.45, 2.75) is 135 Å². The number of fused-ring (bicyclic) bond motifs is 21. The van der Waals surface area contributed by atoms with Crippen LogP contribution in [0.4, 0.5) is 0 Å². The summed E-state index contributed by atoms with van der Waals surface area (Å²) in [7, 11) is 0. The monoisotopic (exact) mass is 2280 g/mol. The fraction of sp³-hybridized carbons (Fsp3) is 0.159. The van der Waals surface area contributed by atoms with Gasteiger partial charge in [0, 0.05) is 134 Å². The van der Waals surface area contributed by atoms with Crippen LogP contribution < -0.4 is 0 Å². The van der Waals surface area contributed by atoms with Crippen molar-refractivity contribution in [1.82, 2.24) is 33.6 Å². The molecule has 0 spiro atoms. The second kappa shape index (κ2) is 44.8. The van der Waals surface area contributed by atoms with Crippen molar-refractivity contribution in [2.24, 2.45) is 10.8 Å². The van der Waals surface area contributed by atoms with Crippen molar-refractivity contribution in [2.75, 3.05) is 0 Å². The first-order valence-electron chi connectivity index (χ1n) is 55.6. The van der Waals surface area contributed by atoms with Gasteiger partial charge in [0.15, 0.2) is 0 Å².